The number of carbonyl (C=O) groups is 4. The molecule has 1 heterocycles. The normalized spacial score (nSPS) is 18.2. The van der Waals surface area contributed by atoms with Gasteiger partial charge >= 0.3 is 5.97 Å². The van der Waals surface area contributed by atoms with E-state index in [1.807, 2.05) is 0 Å². The Morgan fingerprint density at radius 1 is 0.925 bits per heavy atom. The predicted molar refractivity (Wildman–Crippen MR) is 147 cm³/mol. The van der Waals surface area contributed by atoms with Crippen molar-refractivity contribution in [1.29, 1.82) is 0 Å². The lowest BCUT2D eigenvalue weighted by Crippen LogP contribution is -2.57. The molecule has 2 atom stereocenters. The molecule has 10 heteroatoms. The Labute approximate surface area is 234 Å². The van der Waals surface area contributed by atoms with Crippen LogP contribution in [0.1, 0.15) is 54.4 Å². The number of amides is 3. The zero-order valence-corrected chi connectivity index (χ0v) is 23.0. The number of benzene rings is 2. The fraction of sp³-hybridized carbons (Fsp3) is 0.467. The van der Waals surface area contributed by atoms with Gasteiger partial charge in [-0.3, -0.25) is 19.2 Å². The lowest BCUT2D eigenvalue weighted by molar-refractivity contribution is -0.143. The highest BCUT2D eigenvalue weighted by Crippen LogP contribution is 2.29. The first-order chi connectivity index (χ1) is 19.3. The van der Waals surface area contributed by atoms with Crippen LogP contribution in [-0.4, -0.2) is 78.1 Å². The molecule has 3 amide bonds. The second-order valence-electron chi connectivity index (χ2n) is 10.3. The van der Waals surface area contributed by atoms with E-state index in [0.29, 0.717) is 22.6 Å². The molecular formula is C30H37N3O7. The van der Waals surface area contributed by atoms with E-state index in [2.05, 4.69) is 5.32 Å². The van der Waals surface area contributed by atoms with Crippen LogP contribution >= 0.6 is 0 Å². The van der Waals surface area contributed by atoms with E-state index in [1.165, 1.54) is 16.9 Å². The Bertz CT molecular complexity index is 1230. The number of hydrogen-bond donors (Lipinski definition) is 2. The molecular weight excluding hydrogens is 514 g/mol. The number of carboxylic acid groups (broad SMARTS) is 1. The second-order valence-corrected chi connectivity index (χ2v) is 10.3. The van der Waals surface area contributed by atoms with Crippen LogP contribution in [0.5, 0.6) is 11.5 Å². The van der Waals surface area contributed by atoms with Gasteiger partial charge in [-0.1, -0.05) is 37.5 Å². The summed E-state index contributed by atoms with van der Waals surface area (Å²) in [5, 5.41) is 12.5. The van der Waals surface area contributed by atoms with Gasteiger partial charge < -0.3 is 29.7 Å². The van der Waals surface area contributed by atoms with Crippen molar-refractivity contribution in [2.45, 2.75) is 57.2 Å². The first-order valence-corrected chi connectivity index (χ1v) is 13.7. The van der Waals surface area contributed by atoms with Crippen LogP contribution in [-0.2, 0) is 20.8 Å². The van der Waals surface area contributed by atoms with Gasteiger partial charge in [-0.15, -0.1) is 0 Å². The van der Waals surface area contributed by atoms with Crippen LogP contribution < -0.4 is 14.8 Å². The van der Waals surface area contributed by atoms with E-state index < -0.39 is 30.0 Å². The lowest BCUT2D eigenvalue weighted by atomic mass is 9.82. The van der Waals surface area contributed by atoms with Crippen molar-refractivity contribution in [3.05, 3.63) is 59.7 Å². The zero-order chi connectivity index (χ0) is 28.6. The van der Waals surface area contributed by atoms with Crippen LogP contribution in [0.3, 0.4) is 0 Å². The number of nitrogens with one attached hydrogen (secondary N) is 1. The van der Waals surface area contributed by atoms with E-state index in [9.17, 15) is 24.3 Å². The quantitative estimate of drug-likeness (QED) is 0.465. The van der Waals surface area contributed by atoms with Crippen molar-refractivity contribution in [3.63, 3.8) is 0 Å². The number of ether oxygens (including phenoxy) is 2. The van der Waals surface area contributed by atoms with Crippen LogP contribution in [0.25, 0.3) is 0 Å². The Balaban J connectivity index is 1.61. The summed E-state index contributed by atoms with van der Waals surface area (Å²) < 4.78 is 10.5. The number of hydrogen-bond acceptors (Lipinski definition) is 6. The number of carboxylic acids is 1. The summed E-state index contributed by atoms with van der Waals surface area (Å²) >= 11 is 0. The standard InChI is InChI=1S/C30H37N3O7/c1-39-23-12-6-8-20(16-23)17-26(34)32-14-15-33(30(38)22-11-7-13-24(18-22)40-2)29(32)28(37)31-25(19-27(35)36)21-9-4-3-5-10-21/h6-8,11-13,16,18,21,25,29H,3-5,9-10,14-15,17,19H2,1-2H3,(H,31,37)(H,35,36). The average Bonchev–Trinajstić information content (AvgIpc) is 3.42. The summed E-state index contributed by atoms with van der Waals surface area (Å²) in [6.45, 7) is 0.328. The summed E-state index contributed by atoms with van der Waals surface area (Å²) in [4.78, 5) is 55.6. The van der Waals surface area contributed by atoms with E-state index in [1.54, 1.807) is 55.6 Å². The van der Waals surface area contributed by atoms with Crippen molar-refractivity contribution in [3.8, 4) is 11.5 Å². The van der Waals surface area contributed by atoms with Crippen molar-refractivity contribution in [1.82, 2.24) is 15.1 Å². The molecule has 2 N–H and O–H groups in total. The third kappa shape index (κ3) is 6.91. The van der Waals surface area contributed by atoms with E-state index in [4.69, 9.17) is 9.47 Å². The van der Waals surface area contributed by atoms with Gasteiger partial charge in [0, 0.05) is 24.7 Å². The van der Waals surface area contributed by atoms with Crippen LogP contribution in [0.4, 0.5) is 0 Å². The maximum absolute atomic E-state index is 13.9. The predicted octanol–water partition coefficient (Wildman–Crippen LogP) is 3.10. The minimum absolute atomic E-state index is 0.0172. The molecule has 2 unspecified atom stereocenters. The average molecular weight is 552 g/mol. The maximum atomic E-state index is 13.9. The molecule has 2 aromatic rings. The highest BCUT2D eigenvalue weighted by molar-refractivity contribution is 5.99. The summed E-state index contributed by atoms with van der Waals surface area (Å²) in [6.07, 6.45) is 3.28. The number of nitrogens with zero attached hydrogens (tertiary/aromatic N) is 2. The highest BCUT2D eigenvalue weighted by atomic mass is 16.5. The van der Waals surface area contributed by atoms with Crippen LogP contribution in [0, 0.1) is 5.92 Å². The number of carbonyl (C=O) groups excluding carboxylic acids is 3. The van der Waals surface area contributed by atoms with Crippen molar-refractivity contribution >= 4 is 23.7 Å². The van der Waals surface area contributed by atoms with Gasteiger partial charge in [0.2, 0.25) is 5.91 Å². The lowest BCUT2D eigenvalue weighted by Gasteiger charge is -2.34. The van der Waals surface area contributed by atoms with Gasteiger partial charge in [0.25, 0.3) is 11.8 Å². The molecule has 10 nitrogen and oxygen atoms in total. The molecule has 0 spiro atoms. The Kier molecular flexibility index (Phi) is 9.63. The van der Waals surface area contributed by atoms with Gasteiger partial charge in [0.15, 0.2) is 6.17 Å². The molecule has 40 heavy (non-hydrogen) atoms. The van der Waals surface area contributed by atoms with Crippen LogP contribution in [0.15, 0.2) is 48.5 Å². The summed E-state index contributed by atoms with van der Waals surface area (Å²) in [5.41, 5.74) is 1.04. The molecule has 2 fully saturated rings. The zero-order valence-electron chi connectivity index (χ0n) is 23.0. The molecule has 1 saturated heterocycles. The Morgan fingerprint density at radius 2 is 1.57 bits per heavy atom. The van der Waals surface area contributed by atoms with E-state index in [-0.39, 0.29) is 37.8 Å². The highest BCUT2D eigenvalue weighted by Gasteiger charge is 2.44. The van der Waals surface area contributed by atoms with Crippen molar-refractivity contribution in [2.75, 3.05) is 27.3 Å². The first-order valence-electron chi connectivity index (χ1n) is 13.7. The van der Waals surface area contributed by atoms with E-state index >= 15 is 0 Å². The Morgan fingerprint density at radius 3 is 2.25 bits per heavy atom. The fourth-order valence-corrected chi connectivity index (χ4v) is 5.68. The van der Waals surface area contributed by atoms with Crippen molar-refractivity contribution in [2.24, 2.45) is 5.92 Å². The topological polar surface area (TPSA) is 125 Å². The van der Waals surface area contributed by atoms with Gasteiger partial charge in [-0.2, -0.15) is 0 Å². The van der Waals surface area contributed by atoms with Gasteiger partial charge in [0.1, 0.15) is 11.5 Å². The monoisotopic (exact) mass is 551 g/mol. The molecule has 214 valence electrons. The fourth-order valence-electron chi connectivity index (χ4n) is 5.68. The SMILES string of the molecule is COc1cccc(CC(=O)N2CCN(C(=O)c3cccc(OC)c3)C2C(=O)NC(CC(=O)O)C2CCCCC2)c1. The minimum Gasteiger partial charge on any atom is -0.497 e. The minimum atomic E-state index is -1.21. The number of aliphatic carboxylic acids is 1. The first kappa shape index (κ1) is 28.9. The van der Waals surface area contributed by atoms with Crippen molar-refractivity contribution < 1.29 is 33.8 Å². The summed E-state index contributed by atoms with van der Waals surface area (Å²) in [6, 6.07) is 13.2. The molecule has 4 rings (SSSR count). The molecule has 1 aliphatic carbocycles. The number of methoxy groups -OCH3 is 2. The molecule has 2 aromatic carbocycles. The molecule has 0 bridgehead atoms. The second kappa shape index (κ2) is 13.3. The number of rotatable bonds is 10. The summed E-state index contributed by atoms with van der Waals surface area (Å²) in [7, 11) is 3.05. The van der Waals surface area contributed by atoms with E-state index in [0.717, 1.165) is 32.1 Å². The third-order valence-corrected chi connectivity index (χ3v) is 7.74. The third-order valence-electron chi connectivity index (χ3n) is 7.74. The molecule has 0 aromatic heterocycles. The smallest absolute Gasteiger partial charge is 0.305 e. The molecule has 2 aliphatic rings. The summed E-state index contributed by atoms with van der Waals surface area (Å²) in [5.74, 6) is -1.15. The van der Waals surface area contributed by atoms with Gasteiger partial charge in [-0.25, -0.2) is 0 Å². The molecule has 1 saturated carbocycles. The Hall–Kier alpha value is -4.08. The van der Waals surface area contributed by atoms with Gasteiger partial charge in [0.05, 0.1) is 27.1 Å². The molecule has 0 radical (unpaired) electrons. The maximum Gasteiger partial charge on any atom is 0.305 e. The van der Waals surface area contributed by atoms with Gasteiger partial charge in [-0.05, 0) is 54.7 Å². The largest absolute Gasteiger partial charge is 0.497 e. The molecule has 1 aliphatic heterocycles. The van der Waals surface area contributed by atoms with Crippen LogP contribution in [0.2, 0.25) is 0 Å².